The predicted molar refractivity (Wildman–Crippen MR) is 71.4 cm³/mol. The molecule has 0 aliphatic heterocycles. The van der Waals surface area contributed by atoms with Crippen molar-refractivity contribution in [1.82, 2.24) is 4.72 Å². The zero-order chi connectivity index (χ0) is 15.5. The average Bonchev–Trinajstić information content (AvgIpc) is 2.34. The summed E-state index contributed by atoms with van der Waals surface area (Å²) in [5, 5.41) is 8.91. The van der Waals surface area contributed by atoms with E-state index in [2.05, 4.69) is 4.72 Å². The van der Waals surface area contributed by atoms with Crippen LogP contribution in [0.25, 0.3) is 0 Å². The maximum atomic E-state index is 13.8. The van der Waals surface area contributed by atoms with Gasteiger partial charge in [0.1, 0.15) is 16.4 Å². The first-order valence-electron chi connectivity index (χ1n) is 6.07. The Bertz CT molecular complexity index is 576. The van der Waals surface area contributed by atoms with Gasteiger partial charge < -0.3 is 10.8 Å². The van der Waals surface area contributed by atoms with E-state index in [0.29, 0.717) is 0 Å². The molecule has 0 radical (unpaired) electrons. The number of halogens is 2. The van der Waals surface area contributed by atoms with E-state index >= 15 is 0 Å². The predicted octanol–water partition coefficient (Wildman–Crippen LogP) is 1.23. The van der Waals surface area contributed by atoms with Gasteiger partial charge in [-0.15, -0.1) is 0 Å². The Morgan fingerprint density at radius 1 is 1.35 bits per heavy atom. The minimum Gasteiger partial charge on any atom is -0.396 e. The third-order valence-corrected chi connectivity index (χ3v) is 4.44. The lowest BCUT2D eigenvalue weighted by molar-refractivity contribution is 0.256. The molecule has 0 fully saturated rings. The molecule has 0 heterocycles. The molecular formula is C12H18F2N2O3S. The fourth-order valence-corrected chi connectivity index (χ4v) is 3.20. The lowest BCUT2D eigenvalue weighted by Gasteiger charge is -2.21. The molecule has 20 heavy (non-hydrogen) atoms. The van der Waals surface area contributed by atoms with Gasteiger partial charge >= 0.3 is 0 Å². The molecule has 8 heteroatoms. The highest BCUT2D eigenvalue weighted by atomic mass is 32.2. The van der Waals surface area contributed by atoms with Crippen LogP contribution in [0.4, 0.5) is 14.5 Å². The normalized spacial score (nSPS) is 13.7. The summed E-state index contributed by atoms with van der Waals surface area (Å²) in [6.07, 6.45) is 0.190. The summed E-state index contributed by atoms with van der Waals surface area (Å²) >= 11 is 0. The molecule has 5 nitrogen and oxygen atoms in total. The molecule has 0 spiro atoms. The van der Waals surface area contributed by atoms with Crippen LogP contribution < -0.4 is 10.5 Å². The van der Waals surface area contributed by atoms with Crippen LogP contribution in [0.5, 0.6) is 0 Å². The van der Waals surface area contributed by atoms with Gasteiger partial charge in [0.05, 0.1) is 0 Å². The van der Waals surface area contributed by atoms with Crippen molar-refractivity contribution in [2.24, 2.45) is 5.92 Å². The molecule has 0 saturated heterocycles. The maximum Gasteiger partial charge on any atom is 0.243 e. The van der Waals surface area contributed by atoms with Gasteiger partial charge in [-0.3, -0.25) is 0 Å². The van der Waals surface area contributed by atoms with Crippen LogP contribution in [-0.2, 0) is 10.0 Å². The molecule has 0 amide bonds. The van der Waals surface area contributed by atoms with Gasteiger partial charge in [0.2, 0.25) is 10.0 Å². The highest BCUT2D eigenvalue weighted by Crippen LogP contribution is 2.23. The average molecular weight is 308 g/mol. The monoisotopic (exact) mass is 308 g/mol. The van der Waals surface area contributed by atoms with Crippen LogP contribution in [0.3, 0.4) is 0 Å². The van der Waals surface area contributed by atoms with Crippen LogP contribution in [0.2, 0.25) is 0 Å². The van der Waals surface area contributed by atoms with Gasteiger partial charge in [0, 0.05) is 12.6 Å². The quantitative estimate of drug-likeness (QED) is 0.689. The van der Waals surface area contributed by atoms with Gasteiger partial charge in [-0.2, -0.15) is 0 Å². The Labute approximate surface area is 116 Å². The molecule has 4 N–H and O–H groups in total. The number of benzene rings is 1. The van der Waals surface area contributed by atoms with Crippen LogP contribution >= 0.6 is 0 Å². The SMILES string of the molecule is CC(C)C(CCO)NS(=O)(=O)c1ccc(F)c(N)c1F. The van der Waals surface area contributed by atoms with Crippen LogP contribution in [0.15, 0.2) is 17.0 Å². The molecular weight excluding hydrogens is 290 g/mol. The summed E-state index contributed by atoms with van der Waals surface area (Å²) in [6.45, 7) is 3.32. The third kappa shape index (κ3) is 3.65. The van der Waals surface area contributed by atoms with Gasteiger partial charge in [0.25, 0.3) is 0 Å². The Morgan fingerprint density at radius 2 is 1.95 bits per heavy atom. The van der Waals surface area contributed by atoms with E-state index in [4.69, 9.17) is 10.8 Å². The third-order valence-electron chi connectivity index (χ3n) is 2.93. The second kappa shape index (κ2) is 6.47. The Morgan fingerprint density at radius 3 is 2.45 bits per heavy atom. The fraction of sp³-hybridized carbons (Fsp3) is 0.500. The summed E-state index contributed by atoms with van der Waals surface area (Å²) in [4.78, 5) is -0.708. The number of sulfonamides is 1. The zero-order valence-corrected chi connectivity index (χ0v) is 12.0. The molecule has 0 aliphatic rings. The summed E-state index contributed by atoms with van der Waals surface area (Å²) in [7, 11) is -4.18. The number of hydrogen-bond acceptors (Lipinski definition) is 4. The number of anilines is 1. The second-order valence-electron chi connectivity index (χ2n) is 4.76. The number of rotatable bonds is 6. The van der Waals surface area contributed by atoms with Gasteiger partial charge in [-0.25, -0.2) is 21.9 Å². The van der Waals surface area contributed by atoms with Crippen molar-refractivity contribution in [3.8, 4) is 0 Å². The van der Waals surface area contributed by atoms with Gasteiger partial charge in [0.15, 0.2) is 5.82 Å². The number of nitrogen functional groups attached to an aromatic ring is 1. The molecule has 114 valence electrons. The summed E-state index contributed by atoms with van der Waals surface area (Å²) < 4.78 is 53.3. The minimum atomic E-state index is -4.18. The first kappa shape index (κ1) is 16.8. The Balaban J connectivity index is 3.14. The summed E-state index contributed by atoms with van der Waals surface area (Å²) in [5.41, 5.74) is 4.31. The van der Waals surface area contributed by atoms with Crippen LogP contribution in [0, 0.1) is 17.6 Å². The fourth-order valence-electron chi connectivity index (χ4n) is 1.69. The van der Waals surface area contributed by atoms with E-state index in [1.165, 1.54) is 0 Å². The lowest BCUT2D eigenvalue weighted by Crippen LogP contribution is -2.39. The first-order chi connectivity index (χ1) is 9.20. The minimum absolute atomic E-state index is 0.0993. The van der Waals surface area contributed by atoms with Crippen molar-refractivity contribution in [3.63, 3.8) is 0 Å². The van der Waals surface area contributed by atoms with E-state index in [-0.39, 0.29) is 18.9 Å². The van der Waals surface area contributed by atoms with Crippen molar-refractivity contribution in [1.29, 1.82) is 0 Å². The van der Waals surface area contributed by atoms with Crippen molar-refractivity contribution < 1.29 is 22.3 Å². The lowest BCUT2D eigenvalue weighted by atomic mass is 10.0. The molecule has 1 unspecified atom stereocenters. The smallest absolute Gasteiger partial charge is 0.243 e. The zero-order valence-electron chi connectivity index (χ0n) is 11.2. The molecule has 1 atom stereocenters. The highest BCUT2D eigenvalue weighted by molar-refractivity contribution is 7.89. The van der Waals surface area contributed by atoms with Crippen LogP contribution in [0.1, 0.15) is 20.3 Å². The molecule has 0 bridgehead atoms. The van der Waals surface area contributed by atoms with Crippen LogP contribution in [-0.4, -0.2) is 26.2 Å². The van der Waals surface area contributed by atoms with Crippen molar-refractivity contribution in [3.05, 3.63) is 23.8 Å². The Kier molecular flexibility index (Phi) is 5.43. The number of aliphatic hydroxyl groups is 1. The van der Waals surface area contributed by atoms with Gasteiger partial charge in [-0.1, -0.05) is 13.8 Å². The standard InChI is InChI=1S/C12H18F2N2O3S/c1-7(2)9(5-6-17)16-20(18,19)10-4-3-8(13)12(15)11(10)14/h3-4,7,9,16-17H,5-6,15H2,1-2H3. The molecule has 1 aromatic carbocycles. The van der Waals surface area contributed by atoms with Gasteiger partial charge in [-0.05, 0) is 24.5 Å². The van der Waals surface area contributed by atoms with Crippen molar-refractivity contribution in [2.45, 2.75) is 31.2 Å². The largest absolute Gasteiger partial charge is 0.396 e. The number of aliphatic hydroxyl groups excluding tert-OH is 1. The molecule has 0 aliphatic carbocycles. The number of nitrogens with two attached hydrogens (primary N) is 1. The molecule has 1 aromatic rings. The molecule has 1 rings (SSSR count). The van der Waals surface area contributed by atoms with E-state index in [1.807, 2.05) is 0 Å². The second-order valence-corrected chi connectivity index (χ2v) is 6.44. The van der Waals surface area contributed by atoms with Crippen molar-refractivity contribution in [2.75, 3.05) is 12.3 Å². The topological polar surface area (TPSA) is 92.4 Å². The summed E-state index contributed by atoms with van der Waals surface area (Å²) in [6, 6.07) is 1.05. The number of nitrogens with one attached hydrogen (secondary N) is 1. The van der Waals surface area contributed by atoms with E-state index < -0.39 is 38.3 Å². The van der Waals surface area contributed by atoms with E-state index in [0.717, 1.165) is 12.1 Å². The maximum absolute atomic E-state index is 13.8. The highest BCUT2D eigenvalue weighted by Gasteiger charge is 2.26. The first-order valence-corrected chi connectivity index (χ1v) is 7.55. The van der Waals surface area contributed by atoms with Crippen molar-refractivity contribution >= 4 is 15.7 Å². The number of hydrogen-bond donors (Lipinski definition) is 3. The Hall–Kier alpha value is -1.25. The van der Waals surface area contributed by atoms with E-state index in [9.17, 15) is 17.2 Å². The molecule has 0 aromatic heterocycles. The molecule has 0 saturated carbocycles. The van der Waals surface area contributed by atoms with E-state index in [1.54, 1.807) is 13.8 Å². The summed E-state index contributed by atoms with van der Waals surface area (Å²) in [5.74, 6) is -2.43.